The van der Waals surface area contributed by atoms with Crippen LogP contribution in [-0.4, -0.2) is 29.5 Å². The van der Waals surface area contributed by atoms with Gasteiger partial charge in [-0.2, -0.15) is 8.42 Å². The van der Waals surface area contributed by atoms with E-state index < -0.39 is 10.4 Å². The van der Waals surface area contributed by atoms with Gasteiger partial charge in [-0.15, -0.1) is 0 Å². The number of aromatic nitrogens is 3. The van der Waals surface area contributed by atoms with Crippen LogP contribution >= 0.6 is 0 Å². The van der Waals surface area contributed by atoms with Crippen LogP contribution in [0.1, 0.15) is 32.6 Å². The van der Waals surface area contributed by atoms with Gasteiger partial charge in [-0.3, -0.25) is 4.55 Å². The number of anilines is 3. The normalized spacial score (nSPS) is 11.7. The van der Waals surface area contributed by atoms with Gasteiger partial charge in [0, 0.05) is 6.54 Å². The molecule has 124 valence electrons. The summed E-state index contributed by atoms with van der Waals surface area (Å²) in [6, 6.07) is 0. The van der Waals surface area contributed by atoms with Crippen molar-refractivity contribution in [2.45, 2.75) is 32.6 Å². The minimum atomic E-state index is -4.78. The van der Waals surface area contributed by atoms with E-state index in [0.717, 1.165) is 12.8 Å². The number of nitrogens with zero attached hydrogens (tertiary/aromatic N) is 3. The zero-order valence-corrected chi connectivity index (χ0v) is 13.1. The third-order valence-electron chi connectivity index (χ3n) is 2.54. The number of rotatable bonds is 9. The SMILES string of the molecule is CCCCCC=CCNc1nc(N)[n+](OS(=O)(=O)O)c(N)n1. The average Bonchev–Trinajstić information content (AvgIpc) is 2.41. The number of unbranched alkanes of at least 4 members (excludes halogenated alkanes) is 3. The van der Waals surface area contributed by atoms with Crippen LogP contribution in [-0.2, 0) is 10.4 Å². The van der Waals surface area contributed by atoms with Gasteiger partial charge >= 0.3 is 28.2 Å². The van der Waals surface area contributed by atoms with E-state index in [0.29, 0.717) is 11.3 Å². The first kappa shape index (κ1) is 17.9. The second-order valence-electron chi connectivity index (χ2n) is 4.41. The Morgan fingerprint density at radius 2 is 1.91 bits per heavy atom. The summed E-state index contributed by atoms with van der Waals surface area (Å²) in [4.78, 5) is 7.54. The molecule has 0 radical (unpaired) electrons. The van der Waals surface area contributed by atoms with Gasteiger partial charge < -0.3 is 16.8 Å². The van der Waals surface area contributed by atoms with Gasteiger partial charge in [-0.25, -0.2) is 4.28 Å². The van der Waals surface area contributed by atoms with Crippen molar-refractivity contribution in [2.24, 2.45) is 0 Å². The van der Waals surface area contributed by atoms with Crippen molar-refractivity contribution >= 4 is 28.2 Å². The Labute approximate surface area is 129 Å². The zero-order chi connectivity index (χ0) is 16.6. The first-order valence-corrected chi connectivity index (χ1v) is 8.11. The lowest BCUT2D eigenvalue weighted by atomic mass is 10.2. The highest BCUT2D eigenvalue weighted by atomic mass is 32.3. The fourth-order valence-corrected chi connectivity index (χ4v) is 1.90. The molecule has 0 atom stereocenters. The maximum absolute atomic E-state index is 10.6. The molecule has 10 nitrogen and oxygen atoms in total. The molecule has 0 saturated carbocycles. The van der Waals surface area contributed by atoms with E-state index in [2.05, 4.69) is 26.5 Å². The van der Waals surface area contributed by atoms with Crippen molar-refractivity contribution < 1.29 is 22.0 Å². The van der Waals surface area contributed by atoms with Crippen molar-refractivity contribution in [3.05, 3.63) is 12.2 Å². The fraction of sp³-hybridized carbons (Fsp3) is 0.545. The summed E-state index contributed by atoms with van der Waals surface area (Å²) < 4.78 is 34.4. The monoisotopic (exact) mass is 333 g/mol. The Morgan fingerprint density at radius 1 is 1.27 bits per heavy atom. The zero-order valence-electron chi connectivity index (χ0n) is 12.3. The van der Waals surface area contributed by atoms with Crippen molar-refractivity contribution in [2.75, 3.05) is 23.3 Å². The third-order valence-corrected chi connectivity index (χ3v) is 2.88. The molecule has 0 amide bonds. The van der Waals surface area contributed by atoms with Crippen LogP contribution in [0.4, 0.5) is 17.8 Å². The Morgan fingerprint density at radius 3 is 2.45 bits per heavy atom. The Bertz CT molecular complexity index is 596. The summed E-state index contributed by atoms with van der Waals surface area (Å²) in [6.07, 6.45) is 8.47. The molecule has 0 unspecified atom stereocenters. The quantitative estimate of drug-likeness (QED) is 0.206. The van der Waals surface area contributed by atoms with E-state index in [1.165, 1.54) is 12.8 Å². The van der Waals surface area contributed by atoms with Gasteiger partial charge in [0.15, 0.2) is 0 Å². The van der Waals surface area contributed by atoms with Crippen LogP contribution in [0.15, 0.2) is 12.2 Å². The van der Waals surface area contributed by atoms with E-state index in [-0.39, 0.29) is 17.8 Å². The molecule has 0 aromatic carbocycles. The molecule has 0 saturated heterocycles. The number of allylic oxidation sites excluding steroid dienone is 1. The van der Waals surface area contributed by atoms with E-state index in [4.69, 9.17) is 16.0 Å². The van der Waals surface area contributed by atoms with E-state index in [1.54, 1.807) is 0 Å². The topological polar surface area (TPSA) is 157 Å². The summed E-state index contributed by atoms with van der Waals surface area (Å²) in [5.74, 6) is -0.637. The molecule has 11 heteroatoms. The molecule has 1 heterocycles. The van der Waals surface area contributed by atoms with E-state index >= 15 is 0 Å². The summed E-state index contributed by atoms with van der Waals surface area (Å²) in [7, 11) is -4.78. The molecule has 0 fully saturated rings. The molecule has 0 bridgehead atoms. The predicted octanol–water partition coefficient (Wildman–Crippen LogP) is -0.292. The summed E-state index contributed by atoms with van der Waals surface area (Å²) in [5, 5.41) is 2.86. The van der Waals surface area contributed by atoms with Gasteiger partial charge in [0.1, 0.15) is 0 Å². The van der Waals surface area contributed by atoms with E-state index in [9.17, 15) is 8.42 Å². The maximum Gasteiger partial charge on any atom is 0.472 e. The molecular weight excluding hydrogens is 312 g/mol. The van der Waals surface area contributed by atoms with Crippen molar-refractivity contribution in [1.82, 2.24) is 9.97 Å². The predicted molar refractivity (Wildman–Crippen MR) is 81.0 cm³/mol. The second-order valence-corrected chi connectivity index (χ2v) is 5.41. The molecule has 6 N–H and O–H groups in total. The third kappa shape index (κ3) is 6.54. The maximum atomic E-state index is 10.6. The van der Waals surface area contributed by atoms with Crippen LogP contribution < -0.4 is 25.8 Å². The smallest absolute Gasteiger partial charge is 0.334 e. The molecule has 0 aliphatic heterocycles. The average molecular weight is 333 g/mol. The van der Waals surface area contributed by atoms with Gasteiger partial charge in [0.05, 0.1) is 0 Å². The van der Waals surface area contributed by atoms with Gasteiger partial charge in [-0.1, -0.05) is 41.9 Å². The number of nitrogen functional groups attached to an aromatic ring is 2. The molecule has 22 heavy (non-hydrogen) atoms. The molecule has 1 aromatic heterocycles. The number of hydrogen-bond acceptors (Lipinski definition) is 8. The summed E-state index contributed by atoms with van der Waals surface area (Å²) >= 11 is 0. The van der Waals surface area contributed by atoms with E-state index in [1.807, 2.05) is 12.2 Å². The first-order chi connectivity index (χ1) is 10.3. The van der Waals surface area contributed by atoms with Gasteiger partial charge in [0.2, 0.25) is 0 Å². The van der Waals surface area contributed by atoms with Crippen molar-refractivity contribution in [1.29, 1.82) is 0 Å². The summed E-state index contributed by atoms with van der Waals surface area (Å²) in [6.45, 7) is 2.61. The number of nitrogens with one attached hydrogen (secondary N) is 1. The minimum absolute atomic E-state index is 0.114. The summed E-state index contributed by atoms with van der Waals surface area (Å²) in [5.41, 5.74) is 11.0. The lowest BCUT2D eigenvalue weighted by molar-refractivity contribution is -0.836. The second kappa shape index (κ2) is 8.34. The highest BCUT2D eigenvalue weighted by molar-refractivity contribution is 7.80. The Hall–Kier alpha value is -2.14. The molecule has 0 aliphatic rings. The van der Waals surface area contributed by atoms with Crippen LogP contribution in [0.5, 0.6) is 0 Å². The Balaban J connectivity index is 2.59. The lowest BCUT2D eigenvalue weighted by Crippen LogP contribution is -2.51. The molecule has 1 aromatic rings. The van der Waals surface area contributed by atoms with Crippen molar-refractivity contribution in [3.8, 4) is 0 Å². The number of nitrogens with two attached hydrogens (primary N) is 2. The molecule has 0 aliphatic carbocycles. The molecule has 1 rings (SSSR count). The highest BCUT2D eigenvalue weighted by Crippen LogP contribution is 2.02. The van der Waals surface area contributed by atoms with Gasteiger partial charge in [0.25, 0.3) is 0 Å². The van der Waals surface area contributed by atoms with Crippen LogP contribution in [0, 0.1) is 0 Å². The lowest BCUT2D eigenvalue weighted by Gasteiger charge is -2.05. The van der Waals surface area contributed by atoms with Crippen molar-refractivity contribution in [3.63, 3.8) is 0 Å². The largest absolute Gasteiger partial charge is 0.472 e. The van der Waals surface area contributed by atoms with Crippen LogP contribution in [0.25, 0.3) is 0 Å². The van der Waals surface area contributed by atoms with Crippen LogP contribution in [0.2, 0.25) is 0 Å². The molecule has 0 spiro atoms. The Kier molecular flexibility index (Phi) is 6.79. The minimum Gasteiger partial charge on any atom is -0.334 e. The standard InChI is InChI=1S/C11H20N6O4S/c1-2-3-4-5-6-7-8-14-11-15-9(12)17(10(13)16-11)21-22(18,19)20/h6-7H,2-5,8H2,1H3,(H5,12,13,14,15,16,18,19,20)/p+1. The van der Waals surface area contributed by atoms with Crippen LogP contribution in [0.3, 0.4) is 0 Å². The fourth-order valence-electron chi connectivity index (χ4n) is 1.56. The molecular formula is C11H21N6O4S+. The highest BCUT2D eigenvalue weighted by Gasteiger charge is 2.21. The first-order valence-electron chi connectivity index (χ1n) is 6.74. The van der Waals surface area contributed by atoms with Gasteiger partial charge in [-0.05, 0) is 17.6 Å². The number of hydrogen-bond donors (Lipinski definition) is 4.